The number of hydrogen-bond donors (Lipinski definition) is 2. The highest BCUT2D eigenvalue weighted by molar-refractivity contribution is 6.30. The van der Waals surface area contributed by atoms with Crippen LogP contribution in [-0.2, 0) is 4.79 Å². The van der Waals surface area contributed by atoms with E-state index in [0.29, 0.717) is 17.4 Å². The Labute approximate surface area is 125 Å². The summed E-state index contributed by atoms with van der Waals surface area (Å²) in [6.07, 6.45) is 4.49. The van der Waals surface area contributed by atoms with Gasteiger partial charge in [0.2, 0.25) is 5.91 Å². The maximum atomic E-state index is 12.3. The molecule has 1 aromatic carbocycles. The Kier molecular flexibility index (Phi) is 4.84. The first-order chi connectivity index (χ1) is 9.47. The fourth-order valence-corrected chi connectivity index (χ4v) is 2.61. The molecule has 20 heavy (non-hydrogen) atoms. The Hall–Kier alpha value is -1.32. The predicted octanol–water partition coefficient (Wildman–Crippen LogP) is 3.06. The molecule has 1 aliphatic carbocycles. The van der Waals surface area contributed by atoms with Gasteiger partial charge in [-0.2, -0.15) is 0 Å². The number of hydrogen-bond acceptors (Lipinski definition) is 2. The number of rotatable bonds is 4. The molecule has 3 unspecified atom stereocenters. The van der Waals surface area contributed by atoms with E-state index in [2.05, 4.69) is 19.2 Å². The Morgan fingerprint density at radius 1 is 1.30 bits per heavy atom. The quantitative estimate of drug-likeness (QED) is 0.838. The summed E-state index contributed by atoms with van der Waals surface area (Å²) < 4.78 is 0. The number of carbonyl (C=O) groups excluding carboxylic acids is 1. The molecule has 0 saturated heterocycles. The number of nitrogens with one attached hydrogen (secondary N) is 1. The van der Waals surface area contributed by atoms with Gasteiger partial charge in [0.25, 0.3) is 0 Å². The molecule has 1 amide bonds. The van der Waals surface area contributed by atoms with Gasteiger partial charge in [-0.05, 0) is 30.0 Å². The highest BCUT2D eigenvalue weighted by Crippen LogP contribution is 2.25. The zero-order valence-corrected chi connectivity index (χ0v) is 12.6. The molecule has 3 N–H and O–H groups in total. The van der Waals surface area contributed by atoms with E-state index in [1.165, 1.54) is 0 Å². The first-order valence-electron chi connectivity index (χ1n) is 6.97. The Morgan fingerprint density at radius 3 is 2.45 bits per heavy atom. The van der Waals surface area contributed by atoms with E-state index in [9.17, 15) is 4.79 Å². The van der Waals surface area contributed by atoms with Gasteiger partial charge in [-0.1, -0.05) is 49.7 Å². The van der Waals surface area contributed by atoms with E-state index in [4.69, 9.17) is 17.3 Å². The van der Waals surface area contributed by atoms with E-state index in [1.807, 2.05) is 36.4 Å². The summed E-state index contributed by atoms with van der Waals surface area (Å²) in [7, 11) is 0. The van der Waals surface area contributed by atoms with Gasteiger partial charge in [0, 0.05) is 11.1 Å². The van der Waals surface area contributed by atoms with Crippen molar-refractivity contribution in [2.75, 3.05) is 0 Å². The van der Waals surface area contributed by atoms with Crippen LogP contribution in [0.5, 0.6) is 0 Å². The lowest BCUT2D eigenvalue weighted by atomic mass is 9.95. The molecule has 1 aromatic rings. The van der Waals surface area contributed by atoms with Crippen LogP contribution in [0.1, 0.15) is 31.9 Å². The normalized spacial score (nSPS) is 23.1. The van der Waals surface area contributed by atoms with Gasteiger partial charge in [-0.3, -0.25) is 4.79 Å². The van der Waals surface area contributed by atoms with E-state index >= 15 is 0 Å². The van der Waals surface area contributed by atoms with Crippen molar-refractivity contribution in [2.24, 2.45) is 17.6 Å². The molecule has 108 valence electrons. The van der Waals surface area contributed by atoms with Crippen LogP contribution in [0.4, 0.5) is 0 Å². The lowest BCUT2D eigenvalue weighted by Crippen LogP contribution is -2.36. The van der Waals surface area contributed by atoms with Gasteiger partial charge in [0.1, 0.15) is 0 Å². The van der Waals surface area contributed by atoms with Gasteiger partial charge >= 0.3 is 0 Å². The maximum Gasteiger partial charge on any atom is 0.227 e. The molecule has 0 aliphatic heterocycles. The largest absolute Gasteiger partial charge is 0.349 e. The van der Waals surface area contributed by atoms with E-state index in [-0.39, 0.29) is 23.9 Å². The second-order valence-electron chi connectivity index (χ2n) is 5.67. The van der Waals surface area contributed by atoms with Crippen molar-refractivity contribution in [1.82, 2.24) is 5.32 Å². The van der Waals surface area contributed by atoms with Crippen LogP contribution in [0, 0.1) is 11.8 Å². The van der Waals surface area contributed by atoms with Crippen LogP contribution in [0.3, 0.4) is 0 Å². The summed E-state index contributed by atoms with van der Waals surface area (Å²) in [6.45, 7) is 4.19. The van der Waals surface area contributed by atoms with Crippen LogP contribution >= 0.6 is 11.6 Å². The van der Waals surface area contributed by atoms with Crippen molar-refractivity contribution in [3.05, 3.63) is 47.0 Å². The van der Waals surface area contributed by atoms with E-state index in [0.717, 1.165) is 5.56 Å². The van der Waals surface area contributed by atoms with Crippen molar-refractivity contribution in [2.45, 2.75) is 32.4 Å². The minimum Gasteiger partial charge on any atom is -0.349 e. The summed E-state index contributed by atoms with van der Waals surface area (Å²) in [5.41, 5.74) is 6.87. The minimum absolute atomic E-state index is 0.00113. The Morgan fingerprint density at radius 2 is 1.95 bits per heavy atom. The molecule has 2 rings (SSSR count). The molecule has 3 atom stereocenters. The van der Waals surface area contributed by atoms with Crippen molar-refractivity contribution < 1.29 is 4.79 Å². The first kappa shape index (κ1) is 15.1. The lowest BCUT2D eigenvalue weighted by Gasteiger charge is -2.24. The standard InChI is InChI=1S/C16H21ClN2O/c1-10(2)15(11-3-6-13(17)7-4-11)19-16(20)12-5-8-14(18)9-12/h3-8,10,12,14-15H,9,18H2,1-2H3,(H,19,20). The molecule has 0 heterocycles. The van der Waals surface area contributed by atoms with Crippen LogP contribution in [0.2, 0.25) is 5.02 Å². The summed E-state index contributed by atoms with van der Waals surface area (Å²) in [6, 6.07) is 7.62. The number of benzene rings is 1. The lowest BCUT2D eigenvalue weighted by molar-refractivity contribution is -0.124. The molecule has 0 bridgehead atoms. The number of nitrogens with two attached hydrogens (primary N) is 1. The zero-order chi connectivity index (χ0) is 14.7. The molecular weight excluding hydrogens is 272 g/mol. The van der Waals surface area contributed by atoms with Crippen LogP contribution in [-0.4, -0.2) is 11.9 Å². The van der Waals surface area contributed by atoms with Crippen molar-refractivity contribution in [3.63, 3.8) is 0 Å². The highest BCUT2D eigenvalue weighted by atomic mass is 35.5. The predicted molar refractivity (Wildman–Crippen MR) is 82.4 cm³/mol. The van der Waals surface area contributed by atoms with Gasteiger partial charge in [0.05, 0.1) is 12.0 Å². The van der Waals surface area contributed by atoms with E-state index in [1.54, 1.807) is 0 Å². The molecule has 3 nitrogen and oxygen atoms in total. The molecule has 0 aromatic heterocycles. The van der Waals surface area contributed by atoms with Gasteiger partial charge < -0.3 is 11.1 Å². The number of carbonyl (C=O) groups is 1. The molecule has 4 heteroatoms. The summed E-state index contributed by atoms with van der Waals surface area (Å²) in [5, 5.41) is 3.83. The Bertz CT molecular complexity index is 496. The molecule has 1 aliphatic rings. The van der Waals surface area contributed by atoms with Gasteiger partial charge in [-0.25, -0.2) is 0 Å². The topological polar surface area (TPSA) is 55.1 Å². The summed E-state index contributed by atoms with van der Waals surface area (Å²) >= 11 is 5.91. The molecule has 0 spiro atoms. The fourth-order valence-electron chi connectivity index (χ4n) is 2.49. The minimum atomic E-state index is -0.112. The van der Waals surface area contributed by atoms with Gasteiger partial charge in [0.15, 0.2) is 0 Å². The third-order valence-electron chi connectivity index (χ3n) is 3.65. The van der Waals surface area contributed by atoms with Crippen LogP contribution < -0.4 is 11.1 Å². The van der Waals surface area contributed by atoms with Crippen LogP contribution in [0.25, 0.3) is 0 Å². The molecule has 0 radical (unpaired) electrons. The van der Waals surface area contributed by atoms with E-state index < -0.39 is 0 Å². The zero-order valence-electron chi connectivity index (χ0n) is 11.8. The average molecular weight is 293 g/mol. The Balaban J connectivity index is 2.08. The number of halogens is 1. The fraction of sp³-hybridized carbons (Fsp3) is 0.438. The number of amides is 1. The third-order valence-corrected chi connectivity index (χ3v) is 3.90. The second kappa shape index (κ2) is 6.42. The van der Waals surface area contributed by atoms with Crippen LogP contribution in [0.15, 0.2) is 36.4 Å². The second-order valence-corrected chi connectivity index (χ2v) is 6.11. The maximum absolute atomic E-state index is 12.3. The molecular formula is C16H21ClN2O. The molecule has 0 saturated carbocycles. The SMILES string of the molecule is CC(C)C(NC(=O)C1C=CC(N)C1)c1ccc(Cl)cc1. The summed E-state index contributed by atoms with van der Waals surface area (Å²) in [4.78, 5) is 12.3. The van der Waals surface area contributed by atoms with Crippen molar-refractivity contribution in [1.29, 1.82) is 0 Å². The smallest absolute Gasteiger partial charge is 0.227 e. The summed E-state index contributed by atoms with van der Waals surface area (Å²) in [5.74, 6) is 0.237. The third kappa shape index (κ3) is 3.62. The van der Waals surface area contributed by atoms with Crippen molar-refractivity contribution in [3.8, 4) is 0 Å². The first-order valence-corrected chi connectivity index (χ1v) is 7.35. The monoisotopic (exact) mass is 292 g/mol. The average Bonchev–Trinajstić information content (AvgIpc) is 2.83. The molecule has 0 fully saturated rings. The van der Waals surface area contributed by atoms with Gasteiger partial charge in [-0.15, -0.1) is 0 Å². The van der Waals surface area contributed by atoms with Crippen molar-refractivity contribution >= 4 is 17.5 Å². The highest BCUT2D eigenvalue weighted by Gasteiger charge is 2.26.